The van der Waals surface area contributed by atoms with Crippen molar-refractivity contribution in [1.29, 1.82) is 0 Å². The Morgan fingerprint density at radius 3 is 2.60 bits per heavy atom. The van der Waals surface area contributed by atoms with Gasteiger partial charge in [0.2, 0.25) is 0 Å². The lowest BCUT2D eigenvalue weighted by atomic mass is 9.75. The predicted molar refractivity (Wildman–Crippen MR) is 84.7 cm³/mol. The van der Waals surface area contributed by atoms with Crippen molar-refractivity contribution in [2.24, 2.45) is 0 Å². The third-order valence-corrected chi connectivity index (χ3v) is 4.62. The number of rotatable bonds is 3. The van der Waals surface area contributed by atoms with Crippen LogP contribution in [0.25, 0.3) is 0 Å². The first-order chi connectivity index (χ1) is 9.63. The highest BCUT2D eigenvalue weighted by Gasteiger charge is 2.31. The third-order valence-electron chi connectivity index (χ3n) is 3.97. The first-order valence-corrected chi connectivity index (χ1v) is 7.70. The molecule has 1 N–H and O–H groups in total. The monoisotopic (exact) mass is 333 g/mol. The molecule has 0 aromatic heterocycles. The highest BCUT2D eigenvalue weighted by Crippen LogP contribution is 2.40. The van der Waals surface area contributed by atoms with Crippen molar-refractivity contribution in [3.63, 3.8) is 0 Å². The maximum atomic E-state index is 13.7. The first kappa shape index (κ1) is 13.6. The third kappa shape index (κ3) is 2.73. The second-order valence-electron chi connectivity index (χ2n) is 5.51. The van der Waals surface area contributed by atoms with Gasteiger partial charge in [-0.05, 0) is 70.9 Å². The quantitative estimate of drug-likeness (QED) is 0.808. The molecular weight excluding hydrogens is 317 g/mol. The molecule has 2 aromatic rings. The van der Waals surface area contributed by atoms with Gasteiger partial charge in [0.25, 0.3) is 0 Å². The molecule has 104 valence electrons. The van der Waals surface area contributed by atoms with E-state index in [1.807, 2.05) is 12.1 Å². The van der Waals surface area contributed by atoms with Gasteiger partial charge in [0.1, 0.15) is 5.82 Å². The van der Waals surface area contributed by atoms with Crippen molar-refractivity contribution in [2.75, 3.05) is 5.32 Å². The highest BCUT2D eigenvalue weighted by atomic mass is 79.9. The summed E-state index contributed by atoms with van der Waals surface area (Å²) in [6.07, 6.45) is 1.97. The summed E-state index contributed by atoms with van der Waals surface area (Å²) in [5.74, 6) is 0.269. The molecule has 0 heterocycles. The predicted octanol–water partition coefficient (Wildman–Crippen LogP) is 5.25. The van der Waals surface area contributed by atoms with E-state index in [-0.39, 0.29) is 5.82 Å². The van der Waals surface area contributed by atoms with Gasteiger partial charge in [-0.1, -0.05) is 24.3 Å². The number of hydrogen-bond acceptors (Lipinski definition) is 1. The lowest BCUT2D eigenvalue weighted by molar-refractivity contribution is 0.363. The van der Waals surface area contributed by atoms with Gasteiger partial charge in [-0.2, -0.15) is 0 Å². The number of anilines is 1. The van der Waals surface area contributed by atoms with Gasteiger partial charge in [0, 0.05) is 16.2 Å². The van der Waals surface area contributed by atoms with E-state index in [4.69, 9.17) is 0 Å². The zero-order valence-electron chi connectivity index (χ0n) is 11.4. The number of nitrogens with one attached hydrogen (secondary N) is 1. The van der Waals surface area contributed by atoms with E-state index in [0.717, 1.165) is 28.6 Å². The van der Waals surface area contributed by atoms with Crippen LogP contribution in [0, 0.1) is 12.7 Å². The maximum Gasteiger partial charge on any atom is 0.126 e. The van der Waals surface area contributed by atoms with Crippen LogP contribution in [-0.2, 0) is 0 Å². The van der Waals surface area contributed by atoms with Crippen LogP contribution in [0.5, 0.6) is 0 Å². The Balaban J connectivity index is 1.62. The normalized spacial score (nSPS) is 21.4. The van der Waals surface area contributed by atoms with Crippen molar-refractivity contribution in [2.45, 2.75) is 31.7 Å². The van der Waals surface area contributed by atoms with E-state index in [2.05, 4.69) is 46.4 Å². The molecule has 1 saturated carbocycles. The number of benzene rings is 2. The number of aryl methyl sites for hydroxylation is 1. The molecule has 0 bridgehead atoms. The summed E-state index contributed by atoms with van der Waals surface area (Å²) >= 11 is 3.58. The molecule has 1 fully saturated rings. The Kier molecular flexibility index (Phi) is 3.79. The summed E-state index contributed by atoms with van der Waals surface area (Å²) in [5, 5.41) is 3.52. The van der Waals surface area contributed by atoms with Crippen molar-refractivity contribution in [3.05, 3.63) is 63.9 Å². The Bertz CT molecular complexity index is 620. The minimum atomic E-state index is -0.0764. The SMILES string of the molecule is Cc1ccc(NC2CC(c3ccccc3F)C2)c(Br)c1. The minimum Gasteiger partial charge on any atom is -0.381 e. The summed E-state index contributed by atoms with van der Waals surface area (Å²) in [6, 6.07) is 13.8. The fraction of sp³-hybridized carbons (Fsp3) is 0.294. The van der Waals surface area contributed by atoms with E-state index in [1.165, 1.54) is 5.56 Å². The molecular formula is C17H17BrFN. The molecule has 0 amide bonds. The van der Waals surface area contributed by atoms with Gasteiger partial charge in [0.05, 0.1) is 0 Å². The molecule has 3 heteroatoms. The standard InChI is InChI=1S/C17H17BrFN/c1-11-6-7-17(15(18)8-11)20-13-9-12(10-13)14-4-2-3-5-16(14)19/h2-8,12-13,20H,9-10H2,1H3. The lowest BCUT2D eigenvalue weighted by Crippen LogP contribution is -2.34. The van der Waals surface area contributed by atoms with Gasteiger partial charge >= 0.3 is 0 Å². The van der Waals surface area contributed by atoms with Crippen LogP contribution in [0.2, 0.25) is 0 Å². The summed E-state index contributed by atoms with van der Waals surface area (Å²) < 4.78 is 14.8. The smallest absolute Gasteiger partial charge is 0.126 e. The summed E-state index contributed by atoms with van der Waals surface area (Å²) in [6.45, 7) is 2.08. The van der Waals surface area contributed by atoms with Crippen LogP contribution in [0.4, 0.5) is 10.1 Å². The Hall–Kier alpha value is -1.35. The molecule has 20 heavy (non-hydrogen) atoms. The Labute approximate surface area is 127 Å². The molecule has 0 atom stereocenters. The van der Waals surface area contributed by atoms with E-state index < -0.39 is 0 Å². The second kappa shape index (κ2) is 5.57. The largest absolute Gasteiger partial charge is 0.381 e. The number of hydrogen-bond donors (Lipinski definition) is 1. The summed E-state index contributed by atoms with van der Waals surface area (Å²) in [7, 11) is 0. The van der Waals surface area contributed by atoms with Crippen molar-refractivity contribution in [1.82, 2.24) is 0 Å². The maximum absolute atomic E-state index is 13.7. The second-order valence-corrected chi connectivity index (χ2v) is 6.37. The van der Waals surface area contributed by atoms with Crippen LogP contribution in [0.1, 0.15) is 29.9 Å². The molecule has 0 spiro atoms. The van der Waals surface area contributed by atoms with Gasteiger partial charge in [-0.15, -0.1) is 0 Å². The molecule has 0 radical (unpaired) electrons. The van der Waals surface area contributed by atoms with Crippen molar-refractivity contribution in [3.8, 4) is 0 Å². The lowest BCUT2D eigenvalue weighted by Gasteiger charge is -2.37. The van der Waals surface area contributed by atoms with E-state index in [1.54, 1.807) is 12.1 Å². The fourth-order valence-corrected chi connectivity index (χ4v) is 3.36. The van der Waals surface area contributed by atoms with Crippen LogP contribution < -0.4 is 5.32 Å². The average molecular weight is 334 g/mol. The van der Waals surface area contributed by atoms with Gasteiger partial charge in [-0.3, -0.25) is 0 Å². The van der Waals surface area contributed by atoms with Gasteiger partial charge in [0.15, 0.2) is 0 Å². The topological polar surface area (TPSA) is 12.0 Å². The molecule has 0 unspecified atom stereocenters. The first-order valence-electron chi connectivity index (χ1n) is 6.90. The van der Waals surface area contributed by atoms with Crippen molar-refractivity contribution >= 4 is 21.6 Å². The fourth-order valence-electron chi connectivity index (χ4n) is 2.75. The van der Waals surface area contributed by atoms with Crippen LogP contribution in [-0.4, -0.2) is 6.04 Å². The highest BCUT2D eigenvalue weighted by molar-refractivity contribution is 9.10. The summed E-state index contributed by atoms with van der Waals surface area (Å²) in [4.78, 5) is 0. The van der Waals surface area contributed by atoms with Gasteiger partial charge in [-0.25, -0.2) is 4.39 Å². The number of halogens is 2. The van der Waals surface area contributed by atoms with Crippen LogP contribution in [0.3, 0.4) is 0 Å². The Morgan fingerprint density at radius 2 is 1.90 bits per heavy atom. The molecule has 0 saturated heterocycles. The van der Waals surface area contributed by atoms with E-state index in [0.29, 0.717) is 12.0 Å². The average Bonchev–Trinajstić information content (AvgIpc) is 2.37. The molecule has 0 aliphatic heterocycles. The molecule has 1 aliphatic carbocycles. The minimum absolute atomic E-state index is 0.0764. The van der Waals surface area contributed by atoms with Crippen LogP contribution in [0.15, 0.2) is 46.9 Å². The van der Waals surface area contributed by atoms with Crippen LogP contribution >= 0.6 is 15.9 Å². The zero-order valence-corrected chi connectivity index (χ0v) is 13.0. The molecule has 3 rings (SSSR count). The molecule has 1 aliphatic rings. The molecule has 1 nitrogen and oxygen atoms in total. The summed E-state index contributed by atoms with van der Waals surface area (Å²) in [5.41, 5.74) is 3.21. The van der Waals surface area contributed by atoms with E-state index in [9.17, 15) is 4.39 Å². The van der Waals surface area contributed by atoms with Gasteiger partial charge < -0.3 is 5.32 Å². The van der Waals surface area contributed by atoms with Crippen molar-refractivity contribution < 1.29 is 4.39 Å². The van der Waals surface area contributed by atoms with E-state index >= 15 is 0 Å². The zero-order chi connectivity index (χ0) is 14.1. The Morgan fingerprint density at radius 1 is 1.15 bits per heavy atom. The molecule has 2 aromatic carbocycles.